The molecule has 0 atom stereocenters. The van der Waals surface area contributed by atoms with Crippen molar-refractivity contribution in [3.8, 4) is 0 Å². The van der Waals surface area contributed by atoms with Crippen molar-refractivity contribution in [1.82, 2.24) is 9.78 Å². The van der Waals surface area contributed by atoms with Crippen molar-refractivity contribution in [1.29, 1.82) is 0 Å². The number of carbonyl (C=O) groups is 1. The summed E-state index contributed by atoms with van der Waals surface area (Å²) in [5.41, 5.74) is 5.28. The maximum atomic E-state index is 12.6. The molecule has 2 N–H and O–H groups in total. The first kappa shape index (κ1) is 11.4. The minimum Gasteiger partial charge on any atom is -0.464 e. The van der Waals surface area contributed by atoms with Gasteiger partial charge in [0.05, 0.1) is 12.8 Å². The van der Waals surface area contributed by atoms with E-state index >= 15 is 0 Å². The Morgan fingerprint density at radius 2 is 2.33 bits per heavy atom. The van der Waals surface area contributed by atoms with Gasteiger partial charge >= 0.3 is 5.97 Å². The van der Waals surface area contributed by atoms with Gasteiger partial charge in [-0.15, -0.1) is 0 Å². The molecule has 0 bridgehead atoms. The number of nitrogen functional groups attached to an aromatic ring is 1. The van der Waals surface area contributed by atoms with Crippen molar-refractivity contribution in [2.45, 2.75) is 19.4 Å². The van der Waals surface area contributed by atoms with Crippen LogP contribution >= 0.6 is 0 Å². The van der Waals surface area contributed by atoms with Gasteiger partial charge in [0.2, 0.25) is 0 Å². The zero-order valence-electron chi connectivity index (χ0n) is 8.33. The minimum atomic E-state index is -2.91. The fourth-order valence-corrected chi connectivity index (χ4v) is 1.06. The zero-order chi connectivity index (χ0) is 11.6. The number of anilines is 1. The molecule has 0 spiro atoms. The first-order valence-corrected chi connectivity index (χ1v) is 4.12. The Morgan fingerprint density at radius 1 is 1.73 bits per heavy atom. The van der Waals surface area contributed by atoms with E-state index in [9.17, 15) is 13.6 Å². The Hall–Kier alpha value is -1.66. The zero-order valence-corrected chi connectivity index (χ0v) is 8.33. The second kappa shape index (κ2) is 3.84. The summed E-state index contributed by atoms with van der Waals surface area (Å²) >= 11 is 0. The Bertz CT molecular complexity index is 370. The van der Waals surface area contributed by atoms with Crippen molar-refractivity contribution in [3.63, 3.8) is 0 Å². The van der Waals surface area contributed by atoms with Crippen LogP contribution in [0.4, 0.5) is 14.5 Å². The van der Waals surface area contributed by atoms with Gasteiger partial charge in [-0.25, -0.2) is 13.6 Å². The molecule has 0 saturated carbocycles. The number of carbonyl (C=O) groups excluding carboxylic acids is 1. The summed E-state index contributed by atoms with van der Waals surface area (Å²) in [6, 6.07) is 0. The van der Waals surface area contributed by atoms with Gasteiger partial charge in [-0.1, -0.05) is 0 Å². The van der Waals surface area contributed by atoms with Crippen LogP contribution in [0.25, 0.3) is 0 Å². The fourth-order valence-electron chi connectivity index (χ4n) is 1.06. The SMILES string of the molecule is COC(=O)c1nn(CC(C)(F)F)cc1N. The molecule has 0 radical (unpaired) electrons. The second-order valence-electron chi connectivity index (χ2n) is 3.19. The van der Waals surface area contributed by atoms with Gasteiger partial charge in [0.1, 0.15) is 6.54 Å². The van der Waals surface area contributed by atoms with Gasteiger partial charge in [-0.05, 0) is 0 Å². The largest absolute Gasteiger partial charge is 0.464 e. The predicted molar refractivity (Wildman–Crippen MR) is 48.6 cm³/mol. The second-order valence-corrected chi connectivity index (χ2v) is 3.19. The van der Waals surface area contributed by atoms with Crippen molar-refractivity contribution >= 4 is 11.7 Å². The summed E-state index contributed by atoms with van der Waals surface area (Å²) < 4.78 is 30.5. The predicted octanol–water partition coefficient (Wildman–Crippen LogP) is 0.907. The molecular formula is C8H11F2N3O2. The summed E-state index contributed by atoms with van der Waals surface area (Å²) in [5, 5.41) is 3.60. The van der Waals surface area contributed by atoms with Gasteiger partial charge in [0.15, 0.2) is 5.69 Å². The lowest BCUT2D eigenvalue weighted by molar-refractivity contribution is 0.000336. The van der Waals surface area contributed by atoms with Crippen LogP contribution in [0, 0.1) is 0 Å². The highest BCUT2D eigenvalue weighted by Crippen LogP contribution is 2.17. The van der Waals surface area contributed by atoms with E-state index in [2.05, 4.69) is 9.84 Å². The van der Waals surface area contributed by atoms with E-state index in [0.29, 0.717) is 0 Å². The number of hydrogen-bond acceptors (Lipinski definition) is 4. The van der Waals surface area contributed by atoms with Crippen LogP contribution in [-0.4, -0.2) is 28.8 Å². The van der Waals surface area contributed by atoms with Gasteiger partial charge in [-0.2, -0.15) is 5.10 Å². The van der Waals surface area contributed by atoms with Crippen LogP contribution in [0.3, 0.4) is 0 Å². The number of halogens is 2. The van der Waals surface area contributed by atoms with Crippen molar-refractivity contribution < 1.29 is 18.3 Å². The number of rotatable bonds is 3. The molecule has 7 heteroatoms. The van der Waals surface area contributed by atoms with E-state index < -0.39 is 18.4 Å². The molecular weight excluding hydrogens is 208 g/mol. The lowest BCUT2D eigenvalue weighted by Gasteiger charge is -2.08. The molecule has 0 unspecified atom stereocenters. The first-order chi connectivity index (χ1) is 6.83. The van der Waals surface area contributed by atoms with Crippen LogP contribution in [0.5, 0.6) is 0 Å². The highest BCUT2D eigenvalue weighted by Gasteiger charge is 2.24. The van der Waals surface area contributed by atoms with E-state index in [1.165, 1.54) is 6.20 Å². The van der Waals surface area contributed by atoms with Crippen LogP contribution in [0.15, 0.2) is 6.20 Å². The number of alkyl halides is 2. The lowest BCUT2D eigenvalue weighted by Crippen LogP contribution is -2.20. The molecule has 1 aromatic rings. The molecule has 0 aromatic carbocycles. The molecule has 84 valence electrons. The quantitative estimate of drug-likeness (QED) is 0.767. The van der Waals surface area contributed by atoms with Gasteiger partial charge in [0, 0.05) is 13.1 Å². The maximum Gasteiger partial charge on any atom is 0.360 e. The average Bonchev–Trinajstić information content (AvgIpc) is 2.42. The Balaban J connectivity index is 2.91. The van der Waals surface area contributed by atoms with Crippen LogP contribution in [-0.2, 0) is 11.3 Å². The minimum absolute atomic E-state index is 0.0195. The summed E-state index contributed by atoms with van der Waals surface area (Å²) in [5.74, 6) is -3.66. The number of nitrogens with zero attached hydrogens (tertiary/aromatic N) is 2. The highest BCUT2D eigenvalue weighted by atomic mass is 19.3. The van der Waals surface area contributed by atoms with E-state index in [1.54, 1.807) is 0 Å². The van der Waals surface area contributed by atoms with Crippen LogP contribution in [0.2, 0.25) is 0 Å². The number of esters is 1. The van der Waals surface area contributed by atoms with Gasteiger partial charge < -0.3 is 10.5 Å². The molecule has 0 amide bonds. The summed E-state index contributed by atoms with van der Waals surface area (Å²) in [6.45, 7) is 0.122. The molecule has 0 saturated heterocycles. The Kier molecular flexibility index (Phi) is 2.92. The third kappa shape index (κ3) is 2.90. The third-order valence-electron chi connectivity index (χ3n) is 1.61. The monoisotopic (exact) mass is 219 g/mol. The smallest absolute Gasteiger partial charge is 0.360 e. The van der Waals surface area contributed by atoms with E-state index in [-0.39, 0.29) is 11.4 Å². The Morgan fingerprint density at radius 3 is 2.80 bits per heavy atom. The third-order valence-corrected chi connectivity index (χ3v) is 1.61. The van der Waals surface area contributed by atoms with E-state index in [1.807, 2.05) is 0 Å². The number of aromatic nitrogens is 2. The lowest BCUT2D eigenvalue weighted by atomic mass is 10.4. The highest BCUT2D eigenvalue weighted by molar-refractivity contribution is 5.92. The topological polar surface area (TPSA) is 70.1 Å². The molecule has 15 heavy (non-hydrogen) atoms. The van der Waals surface area contributed by atoms with Crippen molar-refractivity contribution in [2.24, 2.45) is 0 Å². The Labute approximate surface area is 84.8 Å². The number of nitrogens with two attached hydrogens (primary N) is 1. The summed E-state index contributed by atoms with van der Waals surface area (Å²) in [4.78, 5) is 11.0. The van der Waals surface area contributed by atoms with Crippen molar-refractivity contribution in [2.75, 3.05) is 12.8 Å². The molecule has 0 aliphatic rings. The number of methoxy groups -OCH3 is 1. The van der Waals surface area contributed by atoms with Gasteiger partial charge in [-0.3, -0.25) is 4.68 Å². The summed E-state index contributed by atoms with van der Waals surface area (Å²) in [6.07, 6.45) is 1.17. The molecule has 1 rings (SSSR count). The molecule has 5 nitrogen and oxygen atoms in total. The summed E-state index contributed by atoms with van der Waals surface area (Å²) in [7, 11) is 1.16. The standard InChI is InChI=1S/C8H11F2N3O2/c1-8(9,10)4-13-3-5(11)6(12-13)7(14)15-2/h3H,4,11H2,1-2H3. The average molecular weight is 219 g/mol. The number of hydrogen-bond donors (Lipinski definition) is 1. The van der Waals surface area contributed by atoms with Crippen LogP contribution < -0.4 is 5.73 Å². The van der Waals surface area contributed by atoms with E-state index in [4.69, 9.17) is 5.73 Å². The van der Waals surface area contributed by atoms with Gasteiger partial charge in [0.25, 0.3) is 5.92 Å². The maximum absolute atomic E-state index is 12.6. The van der Waals surface area contributed by atoms with E-state index in [0.717, 1.165) is 18.7 Å². The molecule has 1 aromatic heterocycles. The molecule has 1 heterocycles. The molecule has 0 aliphatic heterocycles. The first-order valence-electron chi connectivity index (χ1n) is 4.12. The number of ether oxygens (including phenoxy) is 1. The van der Waals surface area contributed by atoms with Crippen molar-refractivity contribution in [3.05, 3.63) is 11.9 Å². The van der Waals surface area contributed by atoms with Crippen LogP contribution in [0.1, 0.15) is 17.4 Å². The molecule has 0 fully saturated rings. The molecule has 0 aliphatic carbocycles. The normalized spacial score (nSPS) is 11.5. The fraction of sp³-hybridized carbons (Fsp3) is 0.500.